The van der Waals surface area contributed by atoms with Gasteiger partial charge in [0.15, 0.2) is 0 Å². The van der Waals surface area contributed by atoms with Crippen molar-refractivity contribution in [3.05, 3.63) is 57.8 Å². The van der Waals surface area contributed by atoms with Gasteiger partial charge < -0.3 is 5.32 Å². The predicted octanol–water partition coefficient (Wildman–Crippen LogP) is 3.99. The molecule has 1 atom stereocenters. The van der Waals surface area contributed by atoms with Crippen molar-refractivity contribution in [3.8, 4) is 0 Å². The van der Waals surface area contributed by atoms with Gasteiger partial charge in [0.05, 0.1) is 0 Å². The van der Waals surface area contributed by atoms with Crippen LogP contribution in [0.4, 0.5) is 0 Å². The van der Waals surface area contributed by atoms with Crippen molar-refractivity contribution >= 4 is 11.3 Å². The van der Waals surface area contributed by atoms with Crippen molar-refractivity contribution in [2.45, 2.75) is 25.7 Å². The van der Waals surface area contributed by atoms with E-state index in [9.17, 15) is 0 Å². The summed E-state index contributed by atoms with van der Waals surface area (Å²) in [6, 6.07) is 13.3. The van der Waals surface area contributed by atoms with E-state index in [4.69, 9.17) is 0 Å². The summed E-state index contributed by atoms with van der Waals surface area (Å²) in [4.78, 5) is 1.49. The van der Waals surface area contributed by atoms with Crippen molar-refractivity contribution in [2.24, 2.45) is 0 Å². The van der Waals surface area contributed by atoms with Crippen molar-refractivity contribution in [3.63, 3.8) is 0 Å². The van der Waals surface area contributed by atoms with E-state index in [0.717, 1.165) is 6.54 Å². The molecule has 0 saturated heterocycles. The number of aryl methyl sites for hydroxylation is 2. The third kappa shape index (κ3) is 3.69. The molecule has 0 aliphatic rings. The molecule has 0 amide bonds. The minimum atomic E-state index is 0.608. The molecule has 0 fully saturated rings. The van der Waals surface area contributed by atoms with Crippen LogP contribution in [0.3, 0.4) is 0 Å². The molecule has 1 nitrogen and oxygen atoms in total. The van der Waals surface area contributed by atoms with Crippen LogP contribution in [0.2, 0.25) is 0 Å². The molecule has 0 spiro atoms. The summed E-state index contributed by atoms with van der Waals surface area (Å²) in [6.45, 7) is 3.22. The third-order valence-corrected chi connectivity index (χ3v) is 4.22. The highest BCUT2D eigenvalue weighted by Gasteiger charge is 2.11. The maximum Gasteiger partial charge on any atom is 0.00454 e. The maximum atomic E-state index is 3.32. The van der Waals surface area contributed by atoms with Gasteiger partial charge in [-0.05, 0) is 49.7 Å². The van der Waals surface area contributed by atoms with Crippen LogP contribution in [0, 0.1) is 6.92 Å². The van der Waals surface area contributed by atoms with Crippen LogP contribution in [-0.2, 0) is 6.42 Å². The Bertz CT molecular complexity index is 462. The van der Waals surface area contributed by atoms with Crippen LogP contribution in [0.5, 0.6) is 0 Å². The van der Waals surface area contributed by atoms with Crippen LogP contribution in [0.15, 0.2) is 41.8 Å². The number of likely N-dealkylation sites (N-methyl/N-ethyl adjacent to an activating group) is 1. The quantitative estimate of drug-likeness (QED) is 0.827. The lowest BCUT2D eigenvalue weighted by Crippen LogP contribution is -2.17. The summed E-state index contributed by atoms with van der Waals surface area (Å²) in [5.41, 5.74) is 2.81. The zero-order chi connectivity index (χ0) is 12.8. The van der Waals surface area contributed by atoms with Gasteiger partial charge >= 0.3 is 0 Å². The SMILES string of the molecule is CNCC(CCc1cccs1)c1cccc(C)c1. The normalized spacial score (nSPS) is 12.6. The zero-order valence-corrected chi connectivity index (χ0v) is 12.0. The van der Waals surface area contributed by atoms with E-state index in [1.807, 2.05) is 18.4 Å². The van der Waals surface area contributed by atoms with E-state index < -0.39 is 0 Å². The largest absolute Gasteiger partial charge is 0.319 e. The van der Waals surface area contributed by atoms with Crippen molar-refractivity contribution in [2.75, 3.05) is 13.6 Å². The molecule has 2 rings (SSSR count). The Morgan fingerprint density at radius 3 is 2.78 bits per heavy atom. The Balaban J connectivity index is 2.03. The molecule has 1 N–H and O–H groups in total. The molecule has 0 aliphatic heterocycles. The zero-order valence-electron chi connectivity index (χ0n) is 11.1. The van der Waals surface area contributed by atoms with Gasteiger partial charge in [0, 0.05) is 11.4 Å². The summed E-state index contributed by atoms with van der Waals surface area (Å²) in [7, 11) is 2.04. The van der Waals surface area contributed by atoms with E-state index in [-0.39, 0.29) is 0 Å². The molecule has 1 heterocycles. The fourth-order valence-electron chi connectivity index (χ4n) is 2.33. The molecule has 0 saturated carbocycles. The predicted molar refractivity (Wildman–Crippen MR) is 80.5 cm³/mol. The van der Waals surface area contributed by atoms with E-state index in [2.05, 4.69) is 54.0 Å². The monoisotopic (exact) mass is 259 g/mol. The van der Waals surface area contributed by atoms with Gasteiger partial charge in [0.1, 0.15) is 0 Å². The second kappa shape index (κ2) is 6.72. The average molecular weight is 259 g/mol. The molecule has 1 aromatic heterocycles. The fourth-order valence-corrected chi connectivity index (χ4v) is 3.05. The molecule has 2 heteroatoms. The molecule has 18 heavy (non-hydrogen) atoms. The summed E-state index contributed by atoms with van der Waals surface area (Å²) in [5, 5.41) is 5.48. The minimum Gasteiger partial charge on any atom is -0.319 e. The first-order valence-corrected chi connectivity index (χ1v) is 7.41. The van der Waals surface area contributed by atoms with E-state index in [1.54, 1.807) is 0 Å². The van der Waals surface area contributed by atoms with Crippen LogP contribution < -0.4 is 5.32 Å². The highest BCUT2D eigenvalue weighted by Crippen LogP contribution is 2.23. The second-order valence-electron chi connectivity index (χ2n) is 4.79. The smallest absolute Gasteiger partial charge is 0.00454 e. The number of nitrogens with one attached hydrogen (secondary N) is 1. The second-order valence-corrected chi connectivity index (χ2v) is 5.82. The number of benzene rings is 1. The number of hydrogen-bond donors (Lipinski definition) is 1. The topological polar surface area (TPSA) is 12.0 Å². The Morgan fingerprint density at radius 2 is 2.11 bits per heavy atom. The molecule has 1 unspecified atom stereocenters. The van der Waals surface area contributed by atoms with Crippen LogP contribution in [-0.4, -0.2) is 13.6 Å². The number of thiophene rings is 1. The number of hydrogen-bond acceptors (Lipinski definition) is 2. The Kier molecular flexibility index (Phi) is 4.97. The van der Waals surface area contributed by atoms with Gasteiger partial charge in [-0.3, -0.25) is 0 Å². The first-order valence-electron chi connectivity index (χ1n) is 6.53. The first-order chi connectivity index (χ1) is 8.79. The Hall–Kier alpha value is -1.12. The van der Waals surface area contributed by atoms with E-state index >= 15 is 0 Å². The summed E-state index contributed by atoms with van der Waals surface area (Å²) in [6.07, 6.45) is 2.39. The van der Waals surface area contributed by atoms with Gasteiger partial charge in [0.25, 0.3) is 0 Å². The highest BCUT2D eigenvalue weighted by atomic mass is 32.1. The molecule has 2 aromatic rings. The van der Waals surface area contributed by atoms with E-state index in [0.29, 0.717) is 5.92 Å². The molecule has 0 bridgehead atoms. The van der Waals surface area contributed by atoms with Crippen molar-refractivity contribution < 1.29 is 0 Å². The highest BCUT2D eigenvalue weighted by molar-refractivity contribution is 7.09. The lowest BCUT2D eigenvalue weighted by Gasteiger charge is -2.17. The van der Waals surface area contributed by atoms with Gasteiger partial charge in [-0.25, -0.2) is 0 Å². The molecule has 1 aromatic carbocycles. The van der Waals surface area contributed by atoms with Gasteiger partial charge in [-0.2, -0.15) is 0 Å². The minimum absolute atomic E-state index is 0.608. The summed E-state index contributed by atoms with van der Waals surface area (Å²) < 4.78 is 0. The van der Waals surface area contributed by atoms with E-state index in [1.165, 1.54) is 28.8 Å². The Morgan fingerprint density at radius 1 is 1.22 bits per heavy atom. The molecular weight excluding hydrogens is 238 g/mol. The average Bonchev–Trinajstić information content (AvgIpc) is 2.87. The van der Waals surface area contributed by atoms with Crippen molar-refractivity contribution in [1.82, 2.24) is 5.32 Å². The van der Waals surface area contributed by atoms with Gasteiger partial charge in [0.2, 0.25) is 0 Å². The summed E-state index contributed by atoms with van der Waals surface area (Å²) >= 11 is 1.86. The molecule has 0 aliphatic carbocycles. The fraction of sp³-hybridized carbons (Fsp3) is 0.375. The lowest BCUT2D eigenvalue weighted by atomic mass is 9.93. The molecular formula is C16H21NS. The van der Waals surface area contributed by atoms with Crippen LogP contribution in [0.25, 0.3) is 0 Å². The van der Waals surface area contributed by atoms with Crippen molar-refractivity contribution in [1.29, 1.82) is 0 Å². The standard InChI is InChI=1S/C16H21NS/c1-13-5-3-6-14(11-13)15(12-17-2)8-9-16-7-4-10-18-16/h3-7,10-11,15,17H,8-9,12H2,1-2H3. The van der Waals surface area contributed by atoms with Gasteiger partial charge in [-0.1, -0.05) is 35.9 Å². The third-order valence-electron chi connectivity index (χ3n) is 3.28. The summed E-state index contributed by atoms with van der Waals surface area (Å²) in [5.74, 6) is 0.608. The molecule has 0 radical (unpaired) electrons. The van der Waals surface area contributed by atoms with Crippen LogP contribution in [0.1, 0.15) is 28.3 Å². The molecule has 96 valence electrons. The van der Waals surface area contributed by atoms with Gasteiger partial charge in [-0.15, -0.1) is 11.3 Å². The lowest BCUT2D eigenvalue weighted by molar-refractivity contribution is 0.586. The number of rotatable bonds is 6. The maximum absolute atomic E-state index is 3.32. The Labute approximate surface area is 114 Å². The first kappa shape index (κ1) is 13.3. The van der Waals surface area contributed by atoms with Crippen LogP contribution >= 0.6 is 11.3 Å².